The minimum Gasteiger partial charge on any atom is -0.463 e. The predicted octanol–water partition coefficient (Wildman–Crippen LogP) is -1.09. The number of aliphatic hydroxyl groups excluding tert-OH is 2. The van der Waals surface area contributed by atoms with Crippen molar-refractivity contribution in [1.82, 2.24) is 0 Å². The van der Waals surface area contributed by atoms with Crippen molar-refractivity contribution in [3.63, 3.8) is 0 Å². The molecule has 1 aliphatic carbocycles. The zero-order valence-corrected chi connectivity index (χ0v) is 12.9. The number of hydrogen-bond donors (Lipinski definition) is 4. The Morgan fingerprint density at radius 1 is 1.23 bits per heavy atom. The average molecular weight is 314 g/mol. The van der Waals surface area contributed by atoms with E-state index in [2.05, 4.69) is 0 Å². The van der Waals surface area contributed by atoms with Crippen LogP contribution in [-0.2, 0) is 14.3 Å². The summed E-state index contributed by atoms with van der Waals surface area (Å²) in [4.78, 5) is 12.2. The molecule has 4 aliphatic rings. The second-order valence-electron chi connectivity index (χ2n) is 7.91. The van der Waals surface area contributed by atoms with E-state index < -0.39 is 46.0 Å². The lowest BCUT2D eigenvalue weighted by molar-refractivity contribution is -0.258. The van der Waals surface area contributed by atoms with Crippen LogP contribution in [0.3, 0.4) is 0 Å². The first kappa shape index (κ1) is 14.8. The Hall–Kier alpha value is -0.730. The van der Waals surface area contributed by atoms with Crippen LogP contribution in [0.15, 0.2) is 0 Å². The van der Waals surface area contributed by atoms with Gasteiger partial charge in [0.05, 0.1) is 11.5 Å². The topological polar surface area (TPSA) is 116 Å². The van der Waals surface area contributed by atoms with Gasteiger partial charge in [0.15, 0.2) is 11.9 Å². The van der Waals surface area contributed by atoms with E-state index in [0.717, 1.165) is 0 Å². The van der Waals surface area contributed by atoms with E-state index in [-0.39, 0.29) is 18.9 Å². The van der Waals surface area contributed by atoms with Crippen molar-refractivity contribution in [3.8, 4) is 0 Å². The first-order valence-electron chi connectivity index (χ1n) is 7.68. The fraction of sp³-hybridized carbons (Fsp3) is 0.933. The van der Waals surface area contributed by atoms with E-state index in [1.807, 2.05) is 6.92 Å². The Morgan fingerprint density at radius 2 is 1.86 bits per heavy atom. The van der Waals surface area contributed by atoms with Gasteiger partial charge in [0.25, 0.3) is 0 Å². The highest BCUT2D eigenvalue weighted by Gasteiger charge is 2.93. The number of aliphatic hydroxyl groups is 4. The number of esters is 1. The zero-order chi connectivity index (χ0) is 16.3. The van der Waals surface area contributed by atoms with E-state index in [0.29, 0.717) is 6.42 Å². The monoisotopic (exact) mass is 314 g/mol. The first-order valence-corrected chi connectivity index (χ1v) is 7.68. The van der Waals surface area contributed by atoms with Gasteiger partial charge in [-0.2, -0.15) is 0 Å². The first-order chi connectivity index (χ1) is 10.0. The summed E-state index contributed by atoms with van der Waals surface area (Å²) in [7, 11) is 0. The van der Waals surface area contributed by atoms with Crippen LogP contribution in [0.5, 0.6) is 0 Å². The van der Waals surface area contributed by atoms with Crippen LogP contribution in [0, 0.1) is 16.7 Å². The Labute approximate surface area is 127 Å². The molecular weight excluding hydrogens is 292 g/mol. The fourth-order valence-electron chi connectivity index (χ4n) is 5.93. The summed E-state index contributed by atoms with van der Waals surface area (Å²) < 4.78 is 11.1. The van der Waals surface area contributed by atoms with Gasteiger partial charge in [-0.3, -0.25) is 0 Å². The van der Waals surface area contributed by atoms with Crippen molar-refractivity contribution >= 4 is 5.97 Å². The summed E-state index contributed by atoms with van der Waals surface area (Å²) in [5.74, 6) is -3.00. The summed E-state index contributed by atoms with van der Waals surface area (Å²) in [6.45, 7) is 4.67. The number of cyclic esters (lactones) is 1. The largest absolute Gasteiger partial charge is 0.463 e. The molecule has 0 aromatic rings. The van der Waals surface area contributed by atoms with Gasteiger partial charge < -0.3 is 29.9 Å². The number of fused-ring (bicyclic) bond motifs is 1. The second kappa shape index (κ2) is 3.52. The third-order valence-corrected chi connectivity index (χ3v) is 7.35. The van der Waals surface area contributed by atoms with Gasteiger partial charge in [-0.15, -0.1) is 0 Å². The molecule has 8 unspecified atom stereocenters. The standard InChI is InChI=1S/C15H22O7/c1-7-4-8(16)15-11(2)6-21-10(18)9(17)13(7,15)5-14(20,22-15)12(11,3)19/h7-9,16-17,19-20H,4-6H2,1-3H3. The van der Waals surface area contributed by atoms with Crippen LogP contribution in [0.4, 0.5) is 0 Å². The molecule has 0 aromatic heterocycles. The molecule has 1 saturated carbocycles. The van der Waals surface area contributed by atoms with Gasteiger partial charge in [-0.05, 0) is 19.3 Å². The summed E-state index contributed by atoms with van der Waals surface area (Å²) in [6.07, 6.45) is -2.31. The van der Waals surface area contributed by atoms with E-state index in [1.165, 1.54) is 6.92 Å². The third-order valence-electron chi connectivity index (χ3n) is 7.35. The molecule has 8 atom stereocenters. The molecule has 3 heterocycles. The van der Waals surface area contributed by atoms with Crippen molar-refractivity contribution in [2.45, 2.75) is 62.8 Å². The molecule has 2 bridgehead atoms. The molecule has 4 rings (SSSR count). The maximum atomic E-state index is 12.2. The lowest BCUT2D eigenvalue weighted by Crippen LogP contribution is -2.72. The normalized spacial score (nSPS) is 66.1. The maximum Gasteiger partial charge on any atom is 0.335 e. The Balaban J connectivity index is 2.08. The molecule has 22 heavy (non-hydrogen) atoms. The molecule has 7 nitrogen and oxygen atoms in total. The van der Waals surface area contributed by atoms with Crippen molar-refractivity contribution in [2.24, 2.45) is 16.7 Å². The molecule has 3 aliphatic heterocycles. The lowest BCUT2D eigenvalue weighted by Gasteiger charge is -2.56. The molecule has 4 fully saturated rings. The van der Waals surface area contributed by atoms with Gasteiger partial charge in [0, 0.05) is 11.8 Å². The van der Waals surface area contributed by atoms with E-state index in [1.54, 1.807) is 6.92 Å². The molecule has 7 heteroatoms. The van der Waals surface area contributed by atoms with Crippen molar-refractivity contribution in [3.05, 3.63) is 0 Å². The van der Waals surface area contributed by atoms with E-state index in [4.69, 9.17) is 9.47 Å². The highest BCUT2D eigenvalue weighted by molar-refractivity contribution is 5.77. The minimum absolute atomic E-state index is 0.114. The van der Waals surface area contributed by atoms with Crippen LogP contribution in [0.2, 0.25) is 0 Å². The number of rotatable bonds is 0. The quantitative estimate of drug-likeness (QED) is 0.420. The summed E-state index contributed by atoms with van der Waals surface area (Å²) in [6, 6.07) is 0. The fourth-order valence-corrected chi connectivity index (χ4v) is 5.93. The molecule has 3 saturated heterocycles. The highest BCUT2D eigenvalue weighted by atomic mass is 16.7. The number of ether oxygens (including phenoxy) is 2. The van der Waals surface area contributed by atoms with E-state index in [9.17, 15) is 25.2 Å². The second-order valence-corrected chi connectivity index (χ2v) is 7.91. The summed E-state index contributed by atoms with van der Waals surface area (Å²) >= 11 is 0. The summed E-state index contributed by atoms with van der Waals surface area (Å²) in [5.41, 5.74) is -5.56. The average Bonchev–Trinajstić information content (AvgIpc) is 2.88. The number of carbonyl (C=O) groups is 1. The van der Waals surface area contributed by atoms with Gasteiger partial charge in [0.1, 0.15) is 17.8 Å². The Kier molecular flexibility index (Phi) is 2.37. The van der Waals surface area contributed by atoms with Crippen LogP contribution >= 0.6 is 0 Å². The Morgan fingerprint density at radius 3 is 2.50 bits per heavy atom. The molecule has 0 radical (unpaired) electrons. The lowest BCUT2D eigenvalue weighted by atomic mass is 9.47. The smallest absolute Gasteiger partial charge is 0.335 e. The summed E-state index contributed by atoms with van der Waals surface area (Å²) in [5, 5.41) is 43.3. The van der Waals surface area contributed by atoms with Crippen molar-refractivity contribution in [2.75, 3.05) is 6.61 Å². The van der Waals surface area contributed by atoms with Crippen molar-refractivity contribution < 1.29 is 34.7 Å². The SMILES string of the molecule is CC1CC(O)C23OC4(O)CC12C(O)C(=O)OCC3(C)C4(C)O. The molecule has 1 spiro atoms. The van der Waals surface area contributed by atoms with Crippen LogP contribution in [-0.4, -0.2) is 62.2 Å². The van der Waals surface area contributed by atoms with Crippen LogP contribution in [0.1, 0.15) is 33.6 Å². The maximum absolute atomic E-state index is 12.2. The molecule has 124 valence electrons. The van der Waals surface area contributed by atoms with Gasteiger partial charge >= 0.3 is 5.97 Å². The van der Waals surface area contributed by atoms with Gasteiger partial charge in [0.2, 0.25) is 0 Å². The number of hydrogen-bond acceptors (Lipinski definition) is 7. The van der Waals surface area contributed by atoms with Crippen molar-refractivity contribution in [1.29, 1.82) is 0 Å². The number of carbonyl (C=O) groups excluding carboxylic acids is 1. The van der Waals surface area contributed by atoms with E-state index >= 15 is 0 Å². The molecule has 4 N–H and O–H groups in total. The Bertz CT molecular complexity index is 576. The third kappa shape index (κ3) is 1.02. The van der Waals surface area contributed by atoms with Gasteiger partial charge in [-0.25, -0.2) is 4.79 Å². The predicted molar refractivity (Wildman–Crippen MR) is 71.3 cm³/mol. The van der Waals surface area contributed by atoms with Crippen LogP contribution in [0.25, 0.3) is 0 Å². The van der Waals surface area contributed by atoms with Gasteiger partial charge in [-0.1, -0.05) is 13.8 Å². The minimum atomic E-state index is -1.94. The van der Waals surface area contributed by atoms with Crippen LogP contribution < -0.4 is 0 Å². The molecule has 0 aromatic carbocycles. The molecular formula is C15H22O7. The molecule has 0 amide bonds. The highest BCUT2D eigenvalue weighted by Crippen LogP contribution is 2.79. The zero-order valence-electron chi connectivity index (χ0n) is 12.9.